The minimum absolute atomic E-state index is 0.0725. The second kappa shape index (κ2) is 6.10. The molecule has 0 aliphatic carbocycles. The van der Waals surface area contributed by atoms with Crippen molar-refractivity contribution in [3.63, 3.8) is 0 Å². The van der Waals surface area contributed by atoms with Crippen molar-refractivity contribution in [1.82, 2.24) is 10.6 Å². The van der Waals surface area contributed by atoms with Gasteiger partial charge in [0.2, 0.25) is 0 Å². The molecule has 0 saturated carbocycles. The third kappa shape index (κ3) is 3.13. The van der Waals surface area contributed by atoms with E-state index in [1.165, 1.54) is 6.07 Å². The van der Waals surface area contributed by atoms with Gasteiger partial charge in [0.25, 0.3) is 5.91 Å². The number of carbonyl (C=O) groups is 1. The Labute approximate surface area is 122 Å². The number of benzene rings is 1. The summed E-state index contributed by atoms with van der Waals surface area (Å²) >= 11 is 0. The quantitative estimate of drug-likeness (QED) is 0.894. The summed E-state index contributed by atoms with van der Waals surface area (Å²) in [5.41, 5.74) is 0.247. The summed E-state index contributed by atoms with van der Waals surface area (Å²) < 4.78 is 5.50. The monoisotopic (exact) mass is 286 g/mol. The second-order valence-electron chi connectivity index (χ2n) is 5.37. The predicted octanol–water partition coefficient (Wildman–Crippen LogP) is 1.52. The Bertz CT molecular complexity index is 702. The summed E-state index contributed by atoms with van der Waals surface area (Å²) in [6.07, 6.45) is 2.09. The van der Waals surface area contributed by atoms with Gasteiger partial charge >= 0.3 is 0 Å². The van der Waals surface area contributed by atoms with Gasteiger partial charge in [0, 0.05) is 12.6 Å². The van der Waals surface area contributed by atoms with E-state index in [9.17, 15) is 9.59 Å². The third-order valence-corrected chi connectivity index (χ3v) is 3.86. The van der Waals surface area contributed by atoms with Crippen molar-refractivity contribution in [3.05, 3.63) is 46.3 Å². The van der Waals surface area contributed by atoms with Crippen LogP contribution in [0.2, 0.25) is 0 Å². The molecule has 0 spiro atoms. The number of hydrogen-bond donors (Lipinski definition) is 2. The Morgan fingerprint density at radius 2 is 2.24 bits per heavy atom. The summed E-state index contributed by atoms with van der Waals surface area (Å²) in [5.74, 6) is 0.362. The molecule has 110 valence electrons. The molecule has 2 heterocycles. The van der Waals surface area contributed by atoms with Crippen molar-refractivity contribution >= 4 is 16.9 Å². The molecule has 2 N–H and O–H groups in total. The van der Waals surface area contributed by atoms with Gasteiger partial charge in [-0.05, 0) is 44.0 Å². The van der Waals surface area contributed by atoms with E-state index < -0.39 is 0 Å². The number of rotatable bonds is 4. The SMILES string of the molecule is O=C(NCCC1CCNC1)c1cc(=O)c2ccccc2o1. The molecule has 1 unspecified atom stereocenters. The van der Waals surface area contributed by atoms with E-state index in [1.54, 1.807) is 24.3 Å². The third-order valence-electron chi connectivity index (χ3n) is 3.86. The maximum absolute atomic E-state index is 12.1. The van der Waals surface area contributed by atoms with E-state index in [0.29, 0.717) is 23.4 Å². The van der Waals surface area contributed by atoms with Gasteiger partial charge in [-0.3, -0.25) is 9.59 Å². The van der Waals surface area contributed by atoms with Crippen LogP contribution in [0.5, 0.6) is 0 Å². The van der Waals surface area contributed by atoms with E-state index >= 15 is 0 Å². The minimum atomic E-state index is -0.330. The molecule has 1 aliphatic rings. The second-order valence-corrected chi connectivity index (χ2v) is 5.37. The first-order valence-electron chi connectivity index (χ1n) is 7.26. The number of carbonyl (C=O) groups excluding carboxylic acids is 1. The number of para-hydroxylation sites is 1. The van der Waals surface area contributed by atoms with Crippen LogP contribution >= 0.6 is 0 Å². The molecule has 1 aromatic heterocycles. The Kier molecular flexibility index (Phi) is 4.01. The lowest BCUT2D eigenvalue weighted by Gasteiger charge is -2.09. The Hall–Kier alpha value is -2.14. The van der Waals surface area contributed by atoms with E-state index in [1.807, 2.05) is 0 Å². The number of nitrogens with one attached hydrogen (secondary N) is 2. The average molecular weight is 286 g/mol. The van der Waals surface area contributed by atoms with E-state index in [-0.39, 0.29) is 17.1 Å². The molecule has 1 amide bonds. The molecule has 21 heavy (non-hydrogen) atoms. The molecule has 3 rings (SSSR count). The fourth-order valence-electron chi connectivity index (χ4n) is 2.65. The molecule has 1 atom stereocenters. The normalized spacial score (nSPS) is 18.0. The van der Waals surface area contributed by atoms with Gasteiger partial charge in [0.05, 0.1) is 5.39 Å². The smallest absolute Gasteiger partial charge is 0.287 e. The highest BCUT2D eigenvalue weighted by atomic mass is 16.3. The lowest BCUT2D eigenvalue weighted by molar-refractivity contribution is 0.0924. The number of fused-ring (bicyclic) bond motifs is 1. The van der Waals surface area contributed by atoms with Gasteiger partial charge in [-0.1, -0.05) is 12.1 Å². The van der Waals surface area contributed by atoms with Crippen molar-refractivity contribution in [2.75, 3.05) is 19.6 Å². The minimum Gasteiger partial charge on any atom is -0.451 e. The Balaban J connectivity index is 1.68. The van der Waals surface area contributed by atoms with Gasteiger partial charge in [-0.15, -0.1) is 0 Å². The van der Waals surface area contributed by atoms with Crippen LogP contribution in [0, 0.1) is 5.92 Å². The largest absolute Gasteiger partial charge is 0.451 e. The lowest BCUT2D eigenvalue weighted by atomic mass is 10.1. The first kappa shape index (κ1) is 13.8. The maximum Gasteiger partial charge on any atom is 0.287 e. The van der Waals surface area contributed by atoms with Gasteiger partial charge in [0.15, 0.2) is 11.2 Å². The fraction of sp³-hybridized carbons (Fsp3) is 0.375. The van der Waals surface area contributed by atoms with Gasteiger partial charge in [-0.2, -0.15) is 0 Å². The van der Waals surface area contributed by atoms with Crippen LogP contribution in [0.4, 0.5) is 0 Å². The molecule has 1 aromatic carbocycles. The van der Waals surface area contributed by atoms with Gasteiger partial charge < -0.3 is 15.1 Å². The summed E-state index contributed by atoms with van der Waals surface area (Å²) in [7, 11) is 0. The molecule has 0 bridgehead atoms. The molecular formula is C16H18N2O3. The summed E-state index contributed by atoms with van der Waals surface area (Å²) in [5, 5.41) is 6.61. The van der Waals surface area contributed by atoms with E-state index in [0.717, 1.165) is 25.9 Å². The molecule has 5 heteroatoms. The lowest BCUT2D eigenvalue weighted by Crippen LogP contribution is -2.27. The molecule has 1 fully saturated rings. The van der Waals surface area contributed by atoms with Crippen LogP contribution in [0.1, 0.15) is 23.4 Å². The van der Waals surface area contributed by atoms with Crippen molar-refractivity contribution in [1.29, 1.82) is 0 Å². The standard InChI is InChI=1S/C16H18N2O3/c19-13-9-15(21-14-4-2-1-3-12(13)14)16(20)18-8-6-11-5-7-17-10-11/h1-4,9,11,17H,5-8,10H2,(H,18,20). The van der Waals surface area contributed by atoms with E-state index in [4.69, 9.17) is 4.42 Å². The number of amides is 1. The van der Waals surface area contributed by atoms with Gasteiger partial charge in [0.1, 0.15) is 5.58 Å². The van der Waals surface area contributed by atoms with E-state index in [2.05, 4.69) is 10.6 Å². The zero-order valence-corrected chi connectivity index (χ0v) is 11.7. The van der Waals surface area contributed by atoms with Crippen LogP contribution in [-0.2, 0) is 0 Å². The highest BCUT2D eigenvalue weighted by molar-refractivity contribution is 5.93. The molecular weight excluding hydrogens is 268 g/mol. The fourth-order valence-corrected chi connectivity index (χ4v) is 2.65. The van der Waals surface area contributed by atoms with Crippen molar-refractivity contribution in [2.45, 2.75) is 12.8 Å². The van der Waals surface area contributed by atoms with Crippen LogP contribution in [0.15, 0.2) is 39.5 Å². The summed E-state index contributed by atoms with van der Waals surface area (Å²) in [6.45, 7) is 2.67. The highest BCUT2D eigenvalue weighted by Crippen LogP contribution is 2.13. The van der Waals surface area contributed by atoms with Crippen molar-refractivity contribution in [3.8, 4) is 0 Å². The molecule has 1 aliphatic heterocycles. The van der Waals surface area contributed by atoms with Crippen LogP contribution in [0.25, 0.3) is 11.0 Å². The Morgan fingerprint density at radius 1 is 1.38 bits per heavy atom. The van der Waals surface area contributed by atoms with Gasteiger partial charge in [-0.25, -0.2) is 0 Å². The first-order chi connectivity index (χ1) is 10.2. The number of hydrogen-bond acceptors (Lipinski definition) is 4. The Morgan fingerprint density at radius 3 is 3.05 bits per heavy atom. The molecule has 2 aromatic rings. The zero-order valence-electron chi connectivity index (χ0n) is 11.7. The zero-order chi connectivity index (χ0) is 14.7. The maximum atomic E-state index is 12.1. The van der Waals surface area contributed by atoms with Crippen molar-refractivity contribution in [2.24, 2.45) is 5.92 Å². The van der Waals surface area contributed by atoms with Crippen LogP contribution < -0.4 is 16.1 Å². The van der Waals surface area contributed by atoms with Crippen LogP contribution in [0.3, 0.4) is 0 Å². The summed E-state index contributed by atoms with van der Waals surface area (Å²) in [6, 6.07) is 8.19. The van der Waals surface area contributed by atoms with Crippen molar-refractivity contribution < 1.29 is 9.21 Å². The average Bonchev–Trinajstić information content (AvgIpc) is 3.00. The predicted molar refractivity (Wildman–Crippen MR) is 80.4 cm³/mol. The summed E-state index contributed by atoms with van der Waals surface area (Å²) in [4.78, 5) is 24.0. The molecule has 0 radical (unpaired) electrons. The highest BCUT2D eigenvalue weighted by Gasteiger charge is 2.16. The van der Waals surface area contributed by atoms with Crippen LogP contribution in [-0.4, -0.2) is 25.5 Å². The molecule has 5 nitrogen and oxygen atoms in total. The first-order valence-corrected chi connectivity index (χ1v) is 7.26. The molecule has 1 saturated heterocycles. The topological polar surface area (TPSA) is 71.3 Å².